The van der Waals surface area contributed by atoms with Crippen molar-refractivity contribution in [2.75, 3.05) is 38.6 Å². The lowest BCUT2D eigenvalue weighted by Crippen LogP contribution is -2.52. The summed E-state index contributed by atoms with van der Waals surface area (Å²) in [5, 5.41) is 2.95. The van der Waals surface area contributed by atoms with Crippen LogP contribution in [0, 0.1) is 12.8 Å². The summed E-state index contributed by atoms with van der Waals surface area (Å²) in [5.41, 5.74) is 1.38. The van der Waals surface area contributed by atoms with E-state index in [1.54, 1.807) is 43.3 Å². The first-order valence-corrected chi connectivity index (χ1v) is 14.5. The molecule has 11 heteroatoms. The van der Waals surface area contributed by atoms with Crippen molar-refractivity contribution < 1.29 is 27.5 Å². The fraction of sp³-hybridized carbons (Fsp3) is 0.500. The molecule has 1 aliphatic rings. The monoisotopic (exact) mass is 560 g/mol. The van der Waals surface area contributed by atoms with E-state index >= 15 is 0 Å². The molecule has 2 N–H and O–H groups in total. The van der Waals surface area contributed by atoms with Crippen LogP contribution in [0.5, 0.6) is 5.75 Å². The Bertz CT molecular complexity index is 1270. The first-order valence-electron chi connectivity index (χ1n) is 13.0. The summed E-state index contributed by atoms with van der Waals surface area (Å²) >= 11 is 0. The van der Waals surface area contributed by atoms with Crippen molar-refractivity contribution in [3.8, 4) is 5.75 Å². The zero-order valence-corrected chi connectivity index (χ0v) is 24.5. The summed E-state index contributed by atoms with van der Waals surface area (Å²) in [5.74, 6) is -0.126. The second-order valence-electron chi connectivity index (χ2n) is 10.5. The second-order valence-corrected chi connectivity index (χ2v) is 12.2. The predicted octanol–water partition coefficient (Wildman–Crippen LogP) is 3.72. The number of fused-ring (bicyclic) bond motifs is 1. The summed E-state index contributed by atoms with van der Waals surface area (Å²) in [6.45, 7) is 10.4. The second kappa shape index (κ2) is 12.7. The molecular weight excluding hydrogens is 520 g/mol. The van der Waals surface area contributed by atoms with Crippen LogP contribution in [0.15, 0.2) is 47.4 Å². The molecule has 214 valence electrons. The zero-order chi connectivity index (χ0) is 28.9. The number of hydrogen-bond acceptors (Lipinski definition) is 6. The minimum absolute atomic E-state index is 0.0351. The number of amides is 3. The number of carbonyl (C=O) groups excluding carboxylic acids is 2. The number of aryl methyl sites for hydroxylation is 1. The molecule has 0 unspecified atom stereocenters. The van der Waals surface area contributed by atoms with E-state index in [-0.39, 0.29) is 65.3 Å². The van der Waals surface area contributed by atoms with Gasteiger partial charge < -0.3 is 24.6 Å². The highest BCUT2D eigenvalue weighted by Crippen LogP contribution is 2.28. The van der Waals surface area contributed by atoms with Crippen LogP contribution in [0.1, 0.15) is 43.6 Å². The number of likely N-dealkylation sites (N-methyl/N-ethyl adjacent to an activating group) is 1. The highest BCUT2D eigenvalue weighted by Gasteiger charge is 2.31. The number of anilines is 1. The van der Waals surface area contributed by atoms with Crippen molar-refractivity contribution >= 4 is 27.6 Å². The topological polar surface area (TPSA) is 117 Å². The quantitative estimate of drug-likeness (QED) is 0.576. The van der Waals surface area contributed by atoms with E-state index in [1.807, 2.05) is 34.6 Å². The molecule has 10 nitrogen and oxygen atoms in total. The Morgan fingerprint density at radius 2 is 1.77 bits per heavy atom. The molecule has 1 heterocycles. The molecule has 0 saturated heterocycles. The van der Waals surface area contributed by atoms with E-state index < -0.39 is 10.0 Å². The molecule has 39 heavy (non-hydrogen) atoms. The van der Waals surface area contributed by atoms with Gasteiger partial charge in [-0.3, -0.25) is 9.52 Å². The normalized spacial score (nSPS) is 20.9. The molecule has 2 aromatic carbocycles. The lowest BCUT2D eigenvalue weighted by atomic mass is 10.0. The molecule has 0 spiro atoms. The van der Waals surface area contributed by atoms with Crippen LogP contribution in [0.3, 0.4) is 0 Å². The molecule has 3 rings (SSSR count). The first kappa shape index (κ1) is 30.2. The van der Waals surface area contributed by atoms with Gasteiger partial charge in [-0.1, -0.05) is 24.6 Å². The smallest absolute Gasteiger partial charge is 0.317 e. The third-order valence-electron chi connectivity index (χ3n) is 6.70. The third-order valence-corrected chi connectivity index (χ3v) is 8.10. The van der Waals surface area contributed by atoms with Gasteiger partial charge in [0.25, 0.3) is 15.9 Å². The summed E-state index contributed by atoms with van der Waals surface area (Å²) in [6, 6.07) is 10.5. The van der Waals surface area contributed by atoms with Gasteiger partial charge >= 0.3 is 6.03 Å². The number of carbonyl (C=O) groups is 2. The Balaban J connectivity index is 1.97. The van der Waals surface area contributed by atoms with Crippen LogP contribution >= 0.6 is 0 Å². The average molecular weight is 561 g/mol. The molecule has 0 fully saturated rings. The van der Waals surface area contributed by atoms with Crippen molar-refractivity contribution in [3.05, 3.63) is 53.6 Å². The summed E-state index contributed by atoms with van der Waals surface area (Å²) in [4.78, 5) is 30.0. The van der Waals surface area contributed by atoms with Gasteiger partial charge in [-0.25, -0.2) is 13.2 Å². The van der Waals surface area contributed by atoms with Crippen molar-refractivity contribution in [1.82, 2.24) is 15.1 Å². The molecule has 3 amide bonds. The predicted molar refractivity (Wildman–Crippen MR) is 151 cm³/mol. The van der Waals surface area contributed by atoms with E-state index in [0.29, 0.717) is 12.3 Å². The third kappa shape index (κ3) is 7.63. The van der Waals surface area contributed by atoms with Gasteiger partial charge in [0.1, 0.15) is 12.4 Å². The largest absolute Gasteiger partial charge is 0.491 e. The number of nitrogens with zero attached hydrogens (tertiary/aromatic N) is 2. The number of benzene rings is 2. The molecule has 0 aliphatic carbocycles. The minimum atomic E-state index is -3.87. The number of ether oxygens (including phenoxy) is 2. The number of hydrogen-bond donors (Lipinski definition) is 2. The van der Waals surface area contributed by atoms with Crippen LogP contribution in [-0.2, 0) is 14.8 Å². The van der Waals surface area contributed by atoms with E-state index in [0.717, 1.165) is 5.56 Å². The van der Waals surface area contributed by atoms with E-state index in [4.69, 9.17) is 9.47 Å². The Labute approximate surface area is 231 Å². The molecule has 0 saturated carbocycles. The van der Waals surface area contributed by atoms with E-state index in [9.17, 15) is 18.0 Å². The Kier molecular flexibility index (Phi) is 9.84. The standard InChI is InChI=1S/C28H40N4O6S/c1-18(2)29-28(34)32-15-20(4)26(37-7)16-31(6)27(33)24-14-22(10-13-25(24)38-17-21(32)5)30-39(35,36)23-11-8-19(3)9-12-23/h8-14,18,20-21,26,30H,15-17H2,1-7H3,(H,29,34)/t20-,21-,26-/m0/s1. The number of methoxy groups -OCH3 is 1. The van der Waals surface area contributed by atoms with Gasteiger partial charge in [-0.2, -0.15) is 0 Å². The van der Waals surface area contributed by atoms with Crippen LogP contribution in [0.2, 0.25) is 0 Å². The lowest BCUT2D eigenvalue weighted by molar-refractivity contribution is 0.0165. The number of urea groups is 1. The minimum Gasteiger partial charge on any atom is -0.491 e. The van der Waals surface area contributed by atoms with Crippen LogP contribution in [0.4, 0.5) is 10.5 Å². The lowest BCUT2D eigenvalue weighted by Gasteiger charge is -2.36. The highest BCUT2D eigenvalue weighted by atomic mass is 32.2. The van der Waals surface area contributed by atoms with Crippen LogP contribution in [0.25, 0.3) is 0 Å². The maximum atomic E-state index is 13.6. The van der Waals surface area contributed by atoms with Crippen molar-refractivity contribution in [2.45, 2.75) is 57.7 Å². The summed E-state index contributed by atoms with van der Waals surface area (Å²) in [6.07, 6.45) is -0.340. The maximum absolute atomic E-state index is 13.6. The average Bonchev–Trinajstić information content (AvgIpc) is 2.87. The molecule has 1 aliphatic heterocycles. The van der Waals surface area contributed by atoms with Crippen molar-refractivity contribution in [2.24, 2.45) is 5.92 Å². The first-order chi connectivity index (χ1) is 18.3. The summed E-state index contributed by atoms with van der Waals surface area (Å²) < 4.78 is 40.3. The fourth-order valence-electron chi connectivity index (χ4n) is 4.38. The van der Waals surface area contributed by atoms with E-state index in [1.165, 1.54) is 23.1 Å². The molecule has 0 bridgehead atoms. The molecule has 0 radical (unpaired) electrons. The van der Waals surface area contributed by atoms with Crippen molar-refractivity contribution in [1.29, 1.82) is 0 Å². The zero-order valence-electron chi connectivity index (χ0n) is 23.7. The fourth-order valence-corrected chi connectivity index (χ4v) is 5.43. The molecule has 2 aromatic rings. The van der Waals surface area contributed by atoms with Gasteiger partial charge in [0.2, 0.25) is 0 Å². The molecule has 3 atom stereocenters. The van der Waals surface area contributed by atoms with Gasteiger partial charge in [-0.15, -0.1) is 0 Å². The van der Waals surface area contributed by atoms with Crippen LogP contribution < -0.4 is 14.8 Å². The van der Waals surface area contributed by atoms with Gasteiger partial charge in [0, 0.05) is 44.9 Å². The number of nitrogens with one attached hydrogen (secondary N) is 2. The van der Waals surface area contributed by atoms with Gasteiger partial charge in [-0.05, 0) is 58.0 Å². The number of sulfonamides is 1. The Hall–Kier alpha value is -3.31. The molecular formula is C28H40N4O6S. The van der Waals surface area contributed by atoms with Crippen LogP contribution in [-0.4, -0.2) is 82.2 Å². The van der Waals surface area contributed by atoms with Crippen molar-refractivity contribution in [3.63, 3.8) is 0 Å². The molecule has 0 aromatic heterocycles. The van der Waals surface area contributed by atoms with E-state index in [2.05, 4.69) is 10.0 Å². The van der Waals surface area contributed by atoms with Gasteiger partial charge in [0.15, 0.2) is 0 Å². The Morgan fingerprint density at radius 3 is 2.38 bits per heavy atom. The maximum Gasteiger partial charge on any atom is 0.317 e. The summed E-state index contributed by atoms with van der Waals surface area (Å²) in [7, 11) is -0.626. The van der Waals surface area contributed by atoms with Gasteiger partial charge in [0.05, 0.1) is 22.6 Å². The highest BCUT2D eigenvalue weighted by molar-refractivity contribution is 7.92. The Morgan fingerprint density at radius 1 is 1.10 bits per heavy atom. The SMILES string of the molecule is CO[C@H]1CN(C)C(=O)c2cc(NS(=O)(=O)c3ccc(C)cc3)ccc2OC[C@H](C)N(C(=O)NC(C)C)C[C@@H]1C. The number of rotatable bonds is 5.